The normalized spacial score (nSPS) is 10.2. The highest BCUT2D eigenvalue weighted by molar-refractivity contribution is 6.32. The number of furan rings is 1. The van der Waals surface area contributed by atoms with Crippen molar-refractivity contribution in [2.24, 2.45) is 0 Å². The summed E-state index contributed by atoms with van der Waals surface area (Å²) in [5, 5.41) is 0.523. The fourth-order valence-corrected chi connectivity index (χ4v) is 1.73. The van der Waals surface area contributed by atoms with Crippen molar-refractivity contribution in [2.75, 3.05) is 14.2 Å². The Morgan fingerprint density at radius 3 is 2.44 bits per heavy atom. The van der Waals surface area contributed by atoms with Gasteiger partial charge in [-0.2, -0.15) is 0 Å². The van der Waals surface area contributed by atoms with Crippen LogP contribution in [0.5, 0.6) is 11.5 Å². The molecule has 1 heterocycles. The third-order valence-electron chi connectivity index (χ3n) is 2.26. The summed E-state index contributed by atoms with van der Waals surface area (Å²) >= 11 is 6.05. The van der Waals surface area contributed by atoms with Crippen LogP contribution in [0.1, 0.15) is 0 Å². The van der Waals surface area contributed by atoms with Gasteiger partial charge in [0.05, 0.1) is 31.1 Å². The van der Waals surface area contributed by atoms with Crippen molar-refractivity contribution in [1.29, 1.82) is 0 Å². The third kappa shape index (κ3) is 1.86. The van der Waals surface area contributed by atoms with E-state index in [0.717, 1.165) is 5.56 Å². The number of methoxy groups -OCH3 is 2. The van der Waals surface area contributed by atoms with Gasteiger partial charge in [0, 0.05) is 6.07 Å². The van der Waals surface area contributed by atoms with E-state index >= 15 is 0 Å². The van der Waals surface area contributed by atoms with Gasteiger partial charge in [-0.1, -0.05) is 11.6 Å². The Morgan fingerprint density at radius 2 is 1.88 bits per heavy atom. The second-order valence-electron chi connectivity index (χ2n) is 3.16. The summed E-state index contributed by atoms with van der Waals surface area (Å²) in [6, 6.07) is 7.16. The number of hydrogen-bond donors (Lipinski definition) is 0. The lowest BCUT2D eigenvalue weighted by atomic mass is 10.1. The van der Waals surface area contributed by atoms with Crippen LogP contribution < -0.4 is 9.47 Å². The standard InChI is InChI=1S/C12H11ClO3/c1-14-11-7-12(15-2)9(13)6-8(11)10-4-3-5-16-10/h3-7H,1-2H3. The number of ether oxygens (including phenoxy) is 2. The van der Waals surface area contributed by atoms with Gasteiger partial charge in [-0.3, -0.25) is 0 Å². The van der Waals surface area contributed by atoms with Crippen molar-refractivity contribution < 1.29 is 13.9 Å². The Kier molecular flexibility index (Phi) is 3.06. The summed E-state index contributed by atoms with van der Waals surface area (Å²) in [7, 11) is 3.16. The monoisotopic (exact) mass is 238 g/mol. The van der Waals surface area contributed by atoms with Gasteiger partial charge in [-0.05, 0) is 18.2 Å². The van der Waals surface area contributed by atoms with Crippen LogP contribution in [0.3, 0.4) is 0 Å². The van der Waals surface area contributed by atoms with Crippen molar-refractivity contribution in [3.63, 3.8) is 0 Å². The van der Waals surface area contributed by atoms with Crippen LogP contribution in [0, 0.1) is 0 Å². The topological polar surface area (TPSA) is 31.6 Å². The Hall–Kier alpha value is -1.61. The van der Waals surface area contributed by atoms with Crippen LogP contribution in [-0.2, 0) is 0 Å². The maximum atomic E-state index is 6.05. The molecule has 1 aromatic heterocycles. The quantitative estimate of drug-likeness (QED) is 0.819. The number of rotatable bonds is 3. The van der Waals surface area contributed by atoms with Crippen LogP contribution in [0.15, 0.2) is 34.9 Å². The molecular formula is C12H11ClO3. The first-order chi connectivity index (χ1) is 7.76. The molecule has 2 aromatic rings. The van der Waals surface area contributed by atoms with Crippen molar-refractivity contribution in [3.8, 4) is 22.8 Å². The summed E-state index contributed by atoms with van der Waals surface area (Å²) in [6.07, 6.45) is 1.60. The van der Waals surface area contributed by atoms with E-state index in [1.54, 1.807) is 32.6 Å². The molecule has 0 saturated heterocycles. The molecule has 0 unspecified atom stereocenters. The van der Waals surface area contributed by atoms with Gasteiger partial charge in [-0.25, -0.2) is 0 Å². The predicted molar refractivity (Wildman–Crippen MR) is 62.3 cm³/mol. The van der Waals surface area contributed by atoms with E-state index < -0.39 is 0 Å². The molecule has 2 rings (SSSR count). The lowest BCUT2D eigenvalue weighted by Crippen LogP contribution is -1.90. The zero-order chi connectivity index (χ0) is 11.5. The first kappa shape index (κ1) is 10.9. The lowest BCUT2D eigenvalue weighted by Gasteiger charge is -2.10. The first-order valence-corrected chi connectivity index (χ1v) is 5.09. The van der Waals surface area contributed by atoms with Gasteiger partial charge >= 0.3 is 0 Å². The van der Waals surface area contributed by atoms with Gasteiger partial charge in [0.25, 0.3) is 0 Å². The second kappa shape index (κ2) is 4.49. The fraction of sp³-hybridized carbons (Fsp3) is 0.167. The van der Waals surface area contributed by atoms with Crippen LogP contribution in [-0.4, -0.2) is 14.2 Å². The molecule has 0 N–H and O–H groups in total. The highest BCUT2D eigenvalue weighted by Crippen LogP contribution is 2.38. The Labute approximate surface area is 98.5 Å². The summed E-state index contributed by atoms with van der Waals surface area (Å²) in [5.74, 6) is 1.95. The van der Waals surface area contributed by atoms with E-state index in [9.17, 15) is 0 Å². The van der Waals surface area contributed by atoms with Gasteiger partial charge in [0.15, 0.2) is 0 Å². The lowest BCUT2D eigenvalue weighted by molar-refractivity contribution is 0.394. The van der Waals surface area contributed by atoms with Crippen LogP contribution in [0.25, 0.3) is 11.3 Å². The zero-order valence-corrected chi connectivity index (χ0v) is 9.75. The predicted octanol–water partition coefficient (Wildman–Crippen LogP) is 3.62. The minimum absolute atomic E-state index is 0.523. The van der Waals surface area contributed by atoms with E-state index in [1.165, 1.54) is 0 Å². The SMILES string of the molecule is COc1cc(OC)c(-c2ccco2)cc1Cl. The third-order valence-corrected chi connectivity index (χ3v) is 2.56. The molecule has 0 aliphatic heterocycles. The van der Waals surface area contributed by atoms with Crippen molar-refractivity contribution in [1.82, 2.24) is 0 Å². The molecule has 0 radical (unpaired) electrons. The average Bonchev–Trinajstić information content (AvgIpc) is 2.82. The van der Waals surface area contributed by atoms with Crippen LogP contribution >= 0.6 is 11.6 Å². The molecule has 4 heteroatoms. The second-order valence-corrected chi connectivity index (χ2v) is 3.57. The Balaban J connectivity index is 2.57. The maximum absolute atomic E-state index is 6.05. The Morgan fingerprint density at radius 1 is 1.12 bits per heavy atom. The molecule has 84 valence electrons. The van der Waals surface area contributed by atoms with E-state index in [0.29, 0.717) is 22.3 Å². The highest BCUT2D eigenvalue weighted by atomic mass is 35.5. The van der Waals surface area contributed by atoms with Gasteiger partial charge < -0.3 is 13.9 Å². The fourth-order valence-electron chi connectivity index (χ4n) is 1.48. The Bertz CT molecular complexity index is 477. The van der Waals surface area contributed by atoms with E-state index in [2.05, 4.69) is 0 Å². The molecule has 3 nitrogen and oxygen atoms in total. The molecule has 0 aliphatic carbocycles. The molecule has 0 bridgehead atoms. The molecule has 0 aliphatic rings. The van der Waals surface area contributed by atoms with Crippen LogP contribution in [0.2, 0.25) is 5.02 Å². The number of hydrogen-bond acceptors (Lipinski definition) is 3. The number of benzene rings is 1. The minimum Gasteiger partial charge on any atom is -0.496 e. The van der Waals surface area contributed by atoms with Crippen molar-refractivity contribution >= 4 is 11.6 Å². The minimum atomic E-state index is 0.523. The molecule has 1 aromatic carbocycles. The van der Waals surface area contributed by atoms with E-state index in [-0.39, 0.29) is 0 Å². The van der Waals surface area contributed by atoms with Crippen molar-refractivity contribution in [2.45, 2.75) is 0 Å². The molecule has 0 spiro atoms. The smallest absolute Gasteiger partial charge is 0.141 e. The largest absolute Gasteiger partial charge is 0.496 e. The molecular weight excluding hydrogens is 228 g/mol. The van der Waals surface area contributed by atoms with Gasteiger partial charge in [0.2, 0.25) is 0 Å². The zero-order valence-electron chi connectivity index (χ0n) is 8.99. The molecule has 16 heavy (non-hydrogen) atoms. The first-order valence-electron chi connectivity index (χ1n) is 4.71. The van der Waals surface area contributed by atoms with Crippen molar-refractivity contribution in [3.05, 3.63) is 35.6 Å². The van der Waals surface area contributed by atoms with Gasteiger partial charge in [0.1, 0.15) is 17.3 Å². The molecule has 0 saturated carbocycles. The average molecular weight is 239 g/mol. The summed E-state index contributed by atoms with van der Waals surface area (Å²) < 4.78 is 15.7. The van der Waals surface area contributed by atoms with E-state index in [1.807, 2.05) is 12.1 Å². The summed E-state index contributed by atoms with van der Waals surface area (Å²) in [6.45, 7) is 0. The molecule has 0 fully saturated rings. The highest BCUT2D eigenvalue weighted by Gasteiger charge is 2.13. The van der Waals surface area contributed by atoms with Gasteiger partial charge in [-0.15, -0.1) is 0 Å². The maximum Gasteiger partial charge on any atom is 0.141 e. The summed E-state index contributed by atoms with van der Waals surface area (Å²) in [4.78, 5) is 0. The summed E-state index contributed by atoms with van der Waals surface area (Å²) in [5.41, 5.74) is 0.804. The molecule has 0 amide bonds. The van der Waals surface area contributed by atoms with E-state index in [4.69, 9.17) is 25.5 Å². The molecule has 0 atom stereocenters. The number of halogens is 1. The van der Waals surface area contributed by atoms with Crippen LogP contribution in [0.4, 0.5) is 0 Å².